The quantitative estimate of drug-likeness (QED) is 0.365. The van der Waals surface area contributed by atoms with Crippen LogP contribution >= 0.6 is 0 Å². The third-order valence-electron chi connectivity index (χ3n) is 8.36. The molecule has 3 saturated heterocycles. The Balaban J connectivity index is 1.11. The van der Waals surface area contributed by atoms with E-state index < -0.39 is 35.3 Å². The topological polar surface area (TPSA) is 138 Å². The van der Waals surface area contributed by atoms with Crippen LogP contribution in [0.2, 0.25) is 0 Å². The van der Waals surface area contributed by atoms with Gasteiger partial charge in [-0.3, -0.25) is 34.3 Å². The highest BCUT2D eigenvalue weighted by Gasteiger charge is 2.45. The summed E-state index contributed by atoms with van der Waals surface area (Å²) in [5.74, 6) is -1.99. The van der Waals surface area contributed by atoms with E-state index in [0.29, 0.717) is 18.7 Å². The van der Waals surface area contributed by atoms with Crippen LogP contribution in [0.4, 0.5) is 10.5 Å². The third kappa shape index (κ3) is 6.59. The lowest BCUT2D eigenvalue weighted by Crippen LogP contribution is -2.57. The Hall–Kier alpha value is -3.51. The first kappa shape index (κ1) is 30.0. The van der Waals surface area contributed by atoms with Gasteiger partial charge in [0, 0.05) is 44.8 Å². The largest absolute Gasteiger partial charge is 0.444 e. The summed E-state index contributed by atoms with van der Waals surface area (Å²) in [6.07, 6.45) is 3.37. The molecule has 1 aromatic rings. The van der Waals surface area contributed by atoms with Crippen LogP contribution in [0, 0.1) is 0 Å². The Morgan fingerprint density at radius 3 is 2.52 bits per heavy atom. The number of hydrogen-bond acceptors (Lipinski definition) is 9. The molecule has 4 heterocycles. The van der Waals surface area contributed by atoms with Crippen molar-refractivity contribution in [3.05, 3.63) is 29.3 Å². The maximum Gasteiger partial charge on any atom is 0.407 e. The molecule has 5 rings (SSSR count). The minimum atomic E-state index is -0.971. The molecule has 4 aliphatic rings. The molecule has 1 spiro atoms. The first-order chi connectivity index (χ1) is 19.9. The molecule has 12 heteroatoms. The van der Waals surface area contributed by atoms with Crippen molar-refractivity contribution in [2.45, 2.75) is 76.5 Å². The molecule has 0 radical (unpaired) electrons. The predicted molar refractivity (Wildman–Crippen MR) is 153 cm³/mol. The number of piperidine rings is 2. The second kappa shape index (κ2) is 12.0. The smallest absolute Gasteiger partial charge is 0.407 e. The van der Waals surface area contributed by atoms with E-state index >= 15 is 0 Å². The van der Waals surface area contributed by atoms with Crippen LogP contribution in [-0.4, -0.2) is 103 Å². The van der Waals surface area contributed by atoms with Crippen LogP contribution in [0.5, 0.6) is 0 Å². The number of unbranched alkanes of at least 4 members (excludes halogenated alkanes) is 1. The van der Waals surface area contributed by atoms with Crippen molar-refractivity contribution in [2.24, 2.45) is 0 Å². The Morgan fingerprint density at radius 1 is 1.07 bits per heavy atom. The summed E-state index contributed by atoms with van der Waals surface area (Å²) in [4.78, 5) is 67.6. The molecule has 0 aliphatic carbocycles. The van der Waals surface area contributed by atoms with Crippen molar-refractivity contribution in [1.82, 2.24) is 20.4 Å². The highest BCUT2D eigenvalue weighted by Crippen LogP contribution is 2.35. The van der Waals surface area contributed by atoms with Crippen LogP contribution in [0.15, 0.2) is 18.2 Å². The summed E-state index contributed by atoms with van der Waals surface area (Å²) in [5.41, 5.74) is 0.727. The normalized spacial score (nSPS) is 22.8. The first-order valence-electron chi connectivity index (χ1n) is 14.9. The van der Waals surface area contributed by atoms with Gasteiger partial charge in [0.2, 0.25) is 11.8 Å². The minimum absolute atomic E-state index is 0.0927. The molecule has 1 unspecified atom stereocenters. The maximum atomic E-state index is 13.2. The van der Waals surface area contributed by atoms with Crippen molar-refractivity contribution in [3.63, 3.8) is 0 Å². The lowest BCUT2D eigenvalue weighted by atomic mass is 9.89. The fourth-order valence-corrected chi connectivity index (χ4v) is 6.21. The standard InChI is InChI=1S/C30H41N5O7/c1-29(2,3)42-28(40)31-12-4-5-13-33-16-17-41-30(19-33)10-14-34(15-11-30)20-6-7-21-22(18-20)27(39)35(26(21)38)23-8-9-24(36)32-25(23)37/h6-7,18,23H,4-5,8-17,19H2,1-3H3,(H,31,40)(H,32,36,37). The predicted octanol–water partition coefficient (Wildman–Crippen LogP) is 2.06. The fraction of sp³-hybridized carbons (Fsp3) is 0.633. The number of imide groups is 2. The fourth-order valence-electron chi connectivity index (χ4n) is 6.21. The van der Waals surface area contributed by atoms with E-state index in [1.165, 1.54) is 0 Å². The lowest BCUT2D eigenvalue weighted by molar-refractivity contribution is -0.136. The number of hydrogen-bond donors (Lipinski definition) is 2. The number of ether oxygens (including phenoxy) is 2. The molecule has 0 aromatic heterocycles. The van der Waals surface area contributed by atoms with Crippen molar-refractivity contribution >= 4 is 35.4 Å². The molecule has 42 heavy (non-hydrogen) atoms. The van der Waals surface area contributed by atoms with Crippen molar-refractivity contribution in [2.75, 3.05) is 50.8 Å². The summed E-state index contributed by atoms with van der Waals surface area (Å²) in [6.45, 7) is 11.0. The van der Waals surface area contributed by atoms with Crippen molar-refractivity contribution in [1.29, 1.82) is 0 Å². The van der Waals surface area contributed by atoms with Crippen LogP contribution in [0.25, 0.3) is 0 Å². The number of nitrogens with zero attached hydrogens (tertiary/aromatic N) is 3. The number of carbonyl (C=O) groups excluding carboxylic acids is 5. The van der Waals surface area contributed by atoms with Gasteiger partial charge < -0.3 is 19.7 Å². The van der Waals surface area contributed by atoms with Gasteiger partial charge in [0.05, 0.1) is 23.3 Å². The van der Waals surface area contributed by atoms with Gasteiger partial charge >= 0.3 is 6.09 Å². The number of anilines is 1. The lowest BCUT2D eigenvalue weighted by Gasteiger charge is -2.48. The number of nitrogens with one attached hydrogen (secondary N) is 2. The number of benzene rings is 1. The van der Waals surface area contributed by atoms with Crippen LogP contribution in [0.3, 0.4) is 0 Å². The minimum Gasteiger partial charge on any atom is -0.444 e. The van der Waals surface area contributed by atoms with Crippen molar-refractivity contribution < 1.29 is 33.4 Å². The first-order valence-corrected chi connectivity index (χ1v) is 14.9. The van der Waals surface area contributed by atoms with Gasteiger partial charge in [-0.25, -0.2) is 4.79 Å². The molecule has 4 aliphatic heterocycles. The molecule has 228 valence electrons. The van der Waals surface area contributed by atoms with Crippen LogP contribution < -0.4 is 15.5 Å². The highest BCUT2D eigenvalue weighted by atomic mass is 16.6. The second-order valence-electron chi connectivity index (χ2n) is 12.6. The average molecular weight is 584 g/mol. The van der Waals surface area contributed by atoms with E-state index in [2.05, 4.69) is 20.4 Å². The number of carbonyl (C=O) groups is 5. The van der Waals surface area contributed by atoms with E-state index in [1.54, 1.807) is 12.1 Å². The van der Waals surface area contributed by atoms with Gasteiger partial charge in [-0.1, -0.05) is 0 Å². The molecule has 3 fully saturated rings. The zero-order chi connectivity index (χ0) is 30.1. The van der Waals surface area contributed by atoms with E-state index in [9.17, 15) is 24.0 Å². The maximum absolute atomic E-state index is 13.2. The van der Waals surface area contributed by atoms with Crippen LogP contribution in [-0.2, 0) is 19.1 Å². The SMILES string of the molecule is CC(C)(C)OC(=O)NCCCCN1CCOC2(CCN(c3ccc4c(c3)C(=O)N(C3CCC(=O)NC3=O)C4=O)CC2)C1. The molecule has 5 amide bonds. The molecule has 12 nitrogen and oxygen atoms in total. The van der Waals surface area contributed by atoms with E-state index in [-0.39, 0.29) is 30.1 Å². The monoisotopic (exact) mass is 583 g/mol. The zero-order valence-electron chi connectivity index (χ0n) is 24.7. The number of fused-ring (bicyclic) bond motifs is 1. The molecule has 0 saturated carbocycles. The number of rotatable bonds is 7. The van der Waals surface area contributed by atoms with Gasteiger partial charge in [0.15, 0.2) is 0 Å². The van der Waals surface area contributed by atoms with Crippen molar-refractivity contribution in [3.8, 4) is 0 Å². The van der Waals surface area contributed by atoms with Gasteiger partial charge in [-0.05, 0) is 77.6 Å². The summed E-state index contributed by atoms with van der Waals surface area (Å²) >= 11 is 0. The number of amides is 5. The Kier molecular flexibility index (Phi) is 8.56. The molecular weight excluding hydrogens is 542 g/mol. The molecule has 2 N–H and O–H groups in total. The second-order valence-corrected chi connectivity index (χ2v) is 12.6. The summed E-state index contributed by atoms with van der Waals surface area (Å²) in [6, 6.07) is 4.30. The molecule has 0 bridgehead atoms. The van der Waals surface area contributed by atoms with Gasteiger partial charge in [0.25, 0.3) is 11.8 Å². The Labute approximate surface area is 246 Å². The number of morpholine rings is 1. The van der Waals surface area contributed by atoms with Gasteiger partial charge in [-0.15, -0.1) is 0 Å². The summed E-state index contributed by atoms with van der Waals surface area (Å²) < 4.78 is 11.6. The highest BCUT2D eigenvalue weighted by molar-refractivity contribution is 6.23. The summed E-state index contributed by atoms with van der Waals surface area (Å²) in [5, 5.41) is 5.04. The molecule has 1 aromatic carbocycles. The zero-order valence-corrected chi connectivity index (χ0v) is 24.7. The Bertz CT molecular complexity index is 1250. The van der Waals surface area contributed by atoms with Crippen LogP contribution in [0.1, 0.15) is 80.0 Å². The molecule has 1 atom stereocenters. The Morgan fingerprint density at radius 2 is 1.81 bits per heavy atom. The average Bonchev–Trinajstić information content (AvgIpc) is 3.17. The van der Waals surface area contributed by atoms with E-state index in [1.807, 2.05) is 26.8 Å². The third-order valence-corrected chi connectivity index (χ3v) is 8.36. The summed E-state index contributed by atoms with van der Waals surface area (Å²) in [7, 11) is 0. The number of alkyl carbamates (subject to hydrolysis) is 1. The van der Waals surface area contributed by atoms with Gasteiger partial charge in [-0.2, -0.15) is 0 Å². The van der Waals surface area contributed by atoms with E-state index in [4.69, 9.17) is 9.47 Å². The van der Waals surface area contributed by atoms with Gasteiger partial charge in [0.1, 0.15) is 11.6 Å². The van der Waals surface area contributed by atoms with E-state index in [0.717, 1.165) is 69.0 Å². The molecular formula is C30H41N5O7.